The molecule has 0 aliphatic heterocycles. The lowest BCUT2D eigenvalue weighted by molar-refractivity contribution is 1.17. The zero-order valence-electron chi connectivity index (χ0n) is 30.3. The van der Waals surface area contributed by atoms with Gasteiger partial charge in [-0.05, 0) is 129 Å². The number of anilines is 3. The van der Waals surface area contributed by atoms with Crippen molar-refractivity contribution in [2.75, 3.05) is 4.90 Å². The van der Waals surface area contributed by atoms with Crippen molar-refractivity contribution in [1.29, 1.82) is 10.5 Å². The summed E-state index contributed by atoms with van der Waals surface area (Å²) in [6.45, 7) is 0. The molecule has 1 heterocycles. The molecule has 0 atom stereocenters. The lowest BCUT2D eigenvalue weighted by atomic mass is 9.85. The molecule has 0 saturated heterocycles. The maximum atomic E-state index is 9.95. The third-order valence-electron chi connectivity index (χ3n) is 10.8. The average Bonchev–Trinajstić information content (AvgIpc) is 3.60. The summed E-state index contributed by atoms with van der Waals surface area (Å²) in [5.41, 5.74) is 11.8. The molecule has 4 nitrogen and oxygen atoms in total. The van der Waals surface area contributed by atoms with Gasteiger partial charge in [0.15, 0.2) is 0 Å². The largest absolute Gasteiger partial charge is 0.310 e. The monoisotopic (exact) mass is 712 g/mol. The molecule has 10 aromatic rings. The molecule has 260 valence electrons. The van der Waals surface area contributed by atoms with Gasteiger partial charge in [0.25, 0.3) is 0 Å². The molecule has 0 radical (unpaired) electrons. The van der Waals surface area contributed by atoms with E-state index in [9.17, 15) is 10.5 Å². The lowest BCUT2D eigenvalue weighted by Crippen LogP contribution is -2.10. The van der Waals surface area contributed by atoms with Gasteiger partial charge in [0.05, 0.1) is 34.3 Å². The van der Waals surface area contributed by atoms with E-state index in [2.05, 4.69) is 173 Å². The van der Waals surface area contributed by atoms with E-state index in [1.807, 2.05) is 42.5 Å². The van der Waals surface area contributed by atoms with Gasteiger partial charge in [-0.2, -0.15) is 10.5 Å². The van der Waals surface area contributed by atoms with Gasteiger partial charge in [0.2, 0.25) is 0 Å². The van der Waals surface area contributed by atoms with Crippen LogP contribution in [0.5, 0.6) is 0 Å². The molecule has 0 aliphatic rings. The minimum atomic E-state index is 0.607. The Bertz CT molecular complexity index is 3160. The molecule has 0 amide bonds. The number of fused-ring (bicyclic) bond motifs is 5. The Hall–Kier alpha value is -7.92. The highest BCUT2D eigenvalue weighted by Crippen LogP contribution is 2.46. The second-order valence-corrected chi connectivity index (χ2v) is 14.0. The van der Waals surface area contributed by atoms with Crippen LogP contribution in [0.1, 0.15) is 11.1 Å². The summed E-state index contributed by atoms with van der Waals surface area (Å²) in [5, 5.41) is 26.6. The van der Waals surface area contributed by atoms with Gasteiger partial charge in [-0.15, -0.1) is 0 Å². The first-order valence-electron chi connectivity index (χ1n) is 18.6. The molecule has 9 aromatic carbocycles. The Morgan fingerprint density at radius 3 is 1.39 bits per heavy atom. The van der Waals surface area contributed by atoms with Crippen LogP contribution < -0.4 is 4.90 Å². The Labute approximate surface area is 324 Å². The van der Waals surface area contributed by atoms with Crippen LogP contribution in [0.2, 0.25) is 0 Å². The first-order chi connectivity index (χ1) is 27.7. The summed E-state index contributed by atoms with van der Waals surface area (Å²) in [5.74, 6) is 0. The predicted molar refractivity (Wildman–Crippen MR) is 231 cm³/mol. The van der Waals surface area contributed by atoms with Crippen LogP contribution >= 0.6 is 0 Å². The third kappa shape index (κ3) is 5.37. The number of benzene rings is 9. The topological polar surface area (TPSA) is 55.8 Å². The molecule has 0 spiro atoms. The van der Waals surface area contributed by atoms with Gasteiger partial charge in [0, 0.05) is 33.5 Å². The molecule has 10 rings (SSSR count). The Morgan fingerprint density at radius 2 is 0.821 bits per heavy atom. The van der Waals surface area contributed by atoms with Crippen LogP contribution in [0, 0.1) is 22.7 Å². The Kier molecular flexibility index (Phi) is 7.88. The molecule has 0 N–H and O–H groups in total. The van der Waals surface area contributed by atoms with Crippen molar-refractivity contribution in [3.05, 3.63) is 205 Å². The van der Waals surface area contributed by atoms with Crippen molar-refractivity contribution >= 4 is 60.4 Å². The van der Waals surface area contributed by atoms with E-state index in [0.29, 0.717) is 11.1 Å². The second kappa shape index (κ2) is 13.5. The van der Waals surface area contributed by atoms with Gasteiger partial charge in [-0.25, -0.2) is 0 Å². The van der Waals surface area contributed by atoms with E-state index >= 15 is 0 Å². The molecule has 0 unspecified atom stereocenters. The molecule has 4 heteroatoms. The molecular formula is C52H32N4. The number of hydrogen-bond acceptors (Lipinski definition) is 3. The first kappa shape index (κ1) is 32.7. The molecule has 56 heavy (non-hydrogen) atoms. The molecule has 0 saturated carbocycles. The highest BCUT2D eigenvalue weighted by atomic mass is 15.1. The van der Waals surface area contributed by atoms with E-state index in [0.717, 1.165) is 66.5 Å². The molecule has 1 aromatic heterocycles. The predicted octanol–water partition coefficient (Wildman–Crippen LogP) is 13.6. The standard InChI is InChI=1S/C52H32N4/c53-33-35-12-10-14-37(30-35)51-45-20-4-5-21-46(45)52(38-15-11-13-36(31-38)34-54)48-32-42(28-29-47(48)51)55(39-16-2-1-3-17-39)40-24-26-41(27-25-40)56-49-22-8-6-18-43(49)44-19-7-9-23-50(44)56/h1-32H. The summed E-state index contributed by atoms with van der Waals surface area (Å²) in [6.07, 6.45) is 0. The summed E-state index contributed by atoms with van der Waals surface area (Å²) in [7, 11) is 0. The van der Waals surface area contributed by atoms with Crippen LogP contribution in [0.15, 0.2) is 194 Å². The number of hydrogen-bond donors (Lipinski definition) is 0. The fraction of sp³-hybridized carbons (Fsp3) is 0. The lowest BCUT2D eigenvalue weighted by Gasteiger charge is -2.27. The SMILES string of the molecule is N#Cc1cccc(-c2c3ccccc3c(-c3cccc(C#N)c3)c3cc(N(c4ccccc4)c4ccc(-n5c6ccccc6c6ccccc65)cc4)ccc23)c1. The van der Waals surface area contributed by atoms with Crippen molar-refractivity contribution in [1.82, 2.24) is 4.57 Å². The molecule has 0 fully saturated rings. The van der Waals surface area contributed by atoms with Crippen molar-refractivity contribution in [2.24, 2.45) is 0 Å². The number of rotatable bonds is 6. The minimum Gasteiger partial charge on any atom is -0.310 e. The van der Waals surface area contributed by atoms with E-state index in [1.165, 1.54) is 21.8 Å². The van der Waals surface area contributed by atoms with Gasteiger partial charge in [0.1, 0.15) is 0 Å². The normalized spacial score (nSPS) is 11.2. The Balaban J connectivity index is 1.22. The third-order valence-corrected chi connectivity index (χ3v) is 10.8. The zero-order chi connectivity index (χ0) is 37.6. The molecular weight excluding hydrogens is 681 g/mol. The van der Waals surface area contributed by atoms with Gasteiger partial charge >= 0.3 is 0 Å². The molecule has 0 bridgehead atoms. The fourth-order valence-corrected chi connectivity index (χ4v) is 8.39. The van der Waals surface area contributed by atoms with Crippen LogP contribution in [0.3, 0.4) is 0 Å². The van der Waals surface area contributed by atoms with Crippen molar-refractivity contribution in [2.45, 2.75) is 0 Å². The highest BCUT2D eigenvalue weighted by Gasteiger charge is 2.21. The van der Waals surface area contributed by atoms with Crippen LogP contribution in [-0.2, 0) is 0 Å². The maximum Gasteiger partial charge on any atom is 0.0991 e. The summed E-state index contributed by atoms with van der Waals surface area (Å²) < 4.78 is 2.34. The van der Waals surface area contributed by atoms with E-state index in [4.69, 9.17) is 0 Å². The quantitative estimate of drug-likeness (QED) is 0.161. The van der Waals surface area contributed by atoms with Crippen molar-refractivity contribution < 1.29 is 0 Å². The summed E-state index contributed by atoms with van der Waals surface area (Å²) in [4.78, 5) is 2.30. The summed E-state index contributed by atoms with van der Waals surface area (Å²) >= 11 is 0. The Morgan fingerprint density at radius 1 is 0.357 bits per heavy atom. The van der Waals surface area contributed by atoms with Gasteiger partial charge in [-0.1, -0.05) is 109 Å². The average molecular weight is 713 g/mol. The number of nitrogens with zero attached hydrogens (tertiary/aromatic N) is 4. The number of para-hydroxylation sites is 3. The maximum absolute atomic E-state index is 9.95. The minimum absolute atomic E-state index is 0.607. The zero-order valence-corrected chi connectivity index (χ0v) is 30.3. The summed E-state index contributed by atoms with van der Waals surface area (Å²) in [6, 6.07) is 72.0. The highest BCUT2D eigenvalue weighted by molar-refractivity contribution is 6.22. The van der Waals surface area contributed by atoms with Gasteiger partial charge < -0.3 is 9.47 Å². The fourth-order valence-electron chi connectivity index (χ4n) is 8.39. The number of aromatic nitrogens is 1. The van der Waals surface area contributed by atoms with Crippen LogP contribution in [0.25, 0.3) is 71.3 Å². The van der Waals surface area contributed by atoms with Crippen molar-refractivity contribution in [3.63, 3.8) is 0 Å². The second-order valence-electron chi connectivity index (χ2n) is 14.0. The smallest absolute Gasteiger partial charge is 0.0991 e. The molecule has 0 aliphatic carbocycles. The van der Waals surface area contributed by atoms with E-state index in [-0.39, 0.29) is 0 Å². The van der Waals surface area contributed by atoms with Crippen LogP contribution in [-0.4, -0.2) is 4.57 Å². The van der Waals surface area contributed by atoms with E-state index in [1.54, 1.807) is 0 Å². The van der Waals surface area contributed by atoms with Crippen molar-refractivity contribution in [3.8, 4) is 40.1 Å². The first-order valence-corrected chi connectivity index (χ1v) is 18.6. The van der Waals surface area contributed by atoms with Gasteiger partial charge in [-0.3, -0.25) is 0 Å². The van der Waals surface area contributed by atoms with E-state index < -0.39 is 0 Å². The van der Waals surface area contributed by atoms with Crippen LogP contribution in [0.4, 0.5) is 17.1 Å². The number of nitriles is 2.